The van der Waals surface area contributed by atoms with Crippen LogP contribution in [-0.2, 0) is 6.42 Å². The number of unbranched alkanes of at least 4 members (excludes halogenated alkanes) is 3. The number of aryl methyl sites for hydroxylation is 1. The van der Waals surface area contributed by atoms with Crippen molar-refractivity contribution in [1.82, 2.24) is 0 Å². The van der Waals surface area contributed by atoms with Gasteiger partial charge in [0.25, 0.3) is 0 Å². The van der Waals surface area contributed by atoms with E-state index in [-0.39, 0.29) is 0 Å². The van der Waals surface area contributed by atoms with Gasteiger partial charge in [0.05, 0.1) is 0 Å². The summed E-state index contributed by atoms with van der Waals surface area (Å²) in [5, 5.41) is 3.40. The summed E-state index contributed by atoms with van der Waals surface area (Å²) in [5.74, 6) is 0.947. The van der Waals surface area contributed by atoms with Gasteiger partial charge in [0, 0.05) is 12.2 Å². The molecule has 0 atom stereocenters. The second-order valence-corrected chi connectivity index (χ2v) is 4.96. The average molecular weight is 251 g/mol. The molecule has 0 unspecified atom stereocenters. The minimum absolute atomic E-state index is 0.947. The lowest BCUT2D eigenvalue weighted by Crippen LogP contribution is -2.01. The highest BCUT2D eigenvalue weighted by Gasteiger charge is 1.95. The van der Waals surface area contributed by atoms with E-state index in [1.165, 1.54) is 43.4 Å². The molecule has 17 heavy (non-hydrogen) atoms. The second-order valence-electron chi connectivity index (χ2n) is 4.51. The van der Waals surface area contributed by atoms with Crippen molar-refractivity contribution in [1.29, 1.82) is 0 Å². The van der Waals surface area contributed by atoms with Crippen molar-refractivity contribution in [2.45, 2.75) is 45.4 Å². The predicted octanol–water partition coefficient (Wildman–Crippen LogP) is 4.54. The molecule has 0 saturated heterocycles. The fourth-order valence-electron chi connectivity index (χ4n) is 1.86. The Morgan fingerprint density at radius 2 is 1.76 bits per heavy atom. The first-order valence-corrected chi connectivity index (χ1v) is 7.43. The lowest BCUT2D eigenvalue weighted by atomic mass is 10.1. The molecule has 0 amide bonds. The van der Waals surface area contributed by atoms with Crippen molar-refractivity contribution in [3.8, 4) is 0 Å². The maximum atomic E-state index is 4.20. The first-order chi connectivity index (χ1) is 8.36. The summed E-state index contributed by atoms with van der Waals surface area (Å²) in [5.41, 5.74) is 2.69. The van der Waals surface area contributed by atoms with Gasteiger partial charge in [-0.3, -0.25) is 0 Å². The molecule has 0 saturated carbocycles. The monoisotopic (exact) mass is 251 g/mol. The predicted molar refractivity (Wildman–Crippen MR) is 81.2 cm³/mol. The standard InChI is InChI=1S/C15H25NS/c1-2-3-4-5-7-14-8-10-15(11-9-14)16-12-6-13-17/h8-11,16-17H,2-7,12-13H2,1H3. The van der Waals surface area contributed by atoms with Crippen LogP contribution in [0, 0.1) is 0 Å². The number of thiol groups is 1. The lowest BCUT2D eigenvalue weighted by Gasteiger charge is -2.06. The number of nitrogens with one attached hydrogen (secondary N) is 1. The molecule has 1 aromatic carbocycles. The maximum Gasteiger partial charge on any atom is 0.0340 e. The zero-order chi connectivity index (χ0) is 12.3. The Balaban J connectivity index is 2.24. The zero-order valence-corrected chi connectivity index (χ0v) is 11.8. The molecule has 0 aliphatic heterocycles. The number of anilines is 1. The SMILES string of the molecule is CCCCCCc1ccc(NCCCS)cc1. The van der Waals surface area contributed by atoms with Gasteiger partial charge in [-0.1, -0.05) is 38.3 Å². The molecule has 0 radical (unpaired) electrons. The van der Waals surface area contributed by atoms with Crippen LogP contribution in [0.4, 0.5) is 5.69 Å². The van der Waals surface area contributed by atoms with Crippen molar-refractivity contribution in [3.63, 3.8) is 0 Å². The molecule has 1 aromatic rings. The minimum atomic E-state index is 0.947. The van der Waals surface area contributed by atoms with Crippen LogP contribution in [-0.4, -0.2) is 12.3 Å². The summed E-state index contributed by atoms with van der Waals surface area (Å²) >= 11 is 4.20. The van der Waals surface area contributed by atoms with Crippen molar-refractivity contribution in [2.24, 2.45) is 0 Å². The molecule has 0 aliphatic rings. The highest BCUT2D eigenvalue weighted by Crippen LogP contribution is 2.12. The van der Waals surface area contributed by atoms with E-state index in [9.17, 15) is 0 Å². The van der Waals surface area contributed by atoms with E-state index in [0.29, 0.717) is 0 Å². The Labute approximate surface area is 111 Å². The van der Waals surface area contributed by atoms with Crippen LogP contribution in [0.15, 0.2) is 24.3 Å². The molecule has 0 spiro atoms. The van der Waals surface area contributed by atoms with Gasteiger partial charge in [-0.05, 0) is 42.7 Å². The van der Waals surface area contributed by atoms with Crippen LogP contribution >= 0.6 is 12.6 Å². The highest BCUT2D eigenvalue weighted by atomic mass is 32.1. The molecule has 0 heterocycles. The molecule has 1 nitrogen and oxygen atoms in total. The fraction of sp³-hybridized carbons (Fsp3) is 0.600. The van der Waals surface area contributed by atoms with Crippen LogP contribution in [0.3, 0.4) is 0 Å². The third-order valence-corrected chi connectivity index (χ3v) is 3.25. The molecule has 1 rings (SSSR count). The number of rotatable bonds is 9. The summed E-state index contributed by atoms with van der Waals surface area (Å²) in [6.45, 7) is 3.27. The molecular weight excluding hydrogens is 226 g/mol. The third kappa shape index (κ3) is 6.62. The fourth-order valence-corrected chi connectivity index (χ4v) is 2.02. The summed E-state index contributed by atoms with van der Waals surface area (Å²) in [6.07, 6.45) is 7.69. The van der Waals surface area contributed by atoms with E-state index < -0.39 is 0 Å². The first-order valence-electron chi connectivity index (χ1n) is 6.80. The Kier molecular flexibility index (Phi) is 7.98. The average Bonchev–Trinajstić information content (AvgIpc) is 2.37. The van der Waals surface area contributed by atoms with E-state index >= 15 is 0 Å². The number of benzene rings is 1. The normalized spacial score (nSPS) is 10.5. The molecular formula is C15H25NS. The van der Waals surface area contributed by atoms with Crippen molar-refractivity contribution in [2.75, 3.05) is 17.6 Å². The molecule has 0 bridgehead atoms. The van der Waals surface area contributed by atoms with Gasteiger partial charge in [-0.15, -0.1) is 0 Å². The van der Waals surface area contributed by atoms with Crippen LogP contribution in [0.1, 0.15) is 44.6 Å². The van der Waals surface area contributed by atoms with E-state index in [4.69, 9.17) is 0 Å². The van der Waals surface area contributed by atoms with Crippen LogP contribution < -0.4 is 5.32 Å². The van der Waals surface area contributed by atoms with Crippen LogP contribution in [0.25, 0.3) is 0 Å². The first kappa shape index (κ1) is 14.4. The van der Waals surface area contributed by atoms with E-state index in [1.54, 1.807) is 0 Å². The van der Waals surface area contributed by atoms with Crippen molar-refractivity contribution < 1.29 is 0 Å². The Morgan fingerprint density at radius 1 is 1.00 bits per heavy atom. The molecule has 0 fully saturated rings. The quantitative estimate of drug-likeness (QED) is 0.485. The van der Waals surface area contributed by atoms with E-state index in [1.807, 2.05) is 0 Å². The third-order valence-electron chi connectivity index (χ3n) is 2.94. The van der Waals surface area contributed by atoms with Crippen LogP contribution in [0.2, 0.25) is 0 Å². The Hall–Kier alpha value is -0.630. The summed E-state index contributed by atoms with van der Waals surface area (Å²) < 4.78 is 0. The zero-order valence-electron chi connectivity index (χ0n) is 10.9. The van der Waals surface area contributed by atoms with E-state index in [0.717, 1.165) is 18.7 Å². The summed E-state index contributed by atoms with van der Waals surface area (Å²) in [4.78, 5) is 0. The van der Waals surface area contributed by atoms with Gasteiger partial charge < -0.3 is 5.32 Å². The van der Waals surface area contributed by atoms with Gasteiger partial charge in [0.15, 0.2) is 0 Å². The van der Waals surface area contributed by atoms with Gasteiger partial charge in [-0.2, -0.15) is 12.6 Å². The van der Waals surface area contributed by atoms with E-state index in [2.05, 4.69) is 49.1 Å². The summed E-state index contributed by atoms with van der Waals surface area (Å²) in [6, 6.07) is 8.87. The lowest BCUT2D eigenvalue weighted by molar-refractivity contribution is 0.667. The van der Waals surface area contributed by atoms with Crippen molar-refractivity contribution >= 4 is 18.3 Å². The maximum absolute atomic E-state index is 4.20. The molecule has 0 aromatic heterocycles. The van der Waals surface area contributed by atoms with Crippen molar-refractivity contribution in [3.05, 3.63) is 29.8 Å². The van der Waals surface area contributed by atoms with Gasteiger partial charge >= 0.3 is 0 Å². The number of hydrogen-bond acceptors (Lipinski definition) is 2. The largest absolute Gasteiger partial charge is 0.385 e. The Bertz CT molecular complexity index is 281. The molecule has 96 valence electrons. The van der Waals surface area contributed by atoms with Gasteiger partial charge in [-0.25, -0.2) is 0 Å². The van der Waals surface area contributed by atoms with Gasteiger partial charge in [0.2, 0.25) is 0 Å². The second kappa shape index (κ2) is 9.41. The molecule has 1 N–H and O–H groups in total. The Morgan fingerprint density at radius 3 is 2.41 bits per heavy atom. The molecule has 2 heteroatoms. The molecule has 0 aliphatic carbocycles. The smallest absolute Gasteiger partial charge is 0.0340 e. The topological polar surface area (TPSA) is 12.0 Å². The highest BCUT2D eigenvalue weighted by molar-refractivity contribution is 7.80. The van der Waals surface area contributed by atoms with Gasteiger partial charge in [0.1, 0.15) is 0 Å². The van der Waals surface area contributed by atoms with Crippen LogP contribution in [0.5, 0.6) is 0 Å². The minimum Gasteiger partial charge on any atom is -0.385 e. The summed E-state index contributed by atoms with van der Waals surface area (Å²) in [7, 11) is 0. The number of hydrogen-bond donors (Lipinski definition) is 2.